The number of alkyl halides is 1. The van der Waals surface area contributed by atoms with E-state index < -0.39 is 9.84 Å². The lowest BCUT2D eigenvalue weighted by Gasteiger charge is -2.21. The molecule has 1 N–H and O–H groups in total. The summed E-state index contributed by atoms with van der Waals surface area (Å²) in [6.45, 7) is 4.04. The van der Waals surface area contributed by atoms with Gasteiger partial charge in [0, 0.05) is 23.7 Å². The molecule has 0 aliphatic carbocycles. The molecule has 1 atom stereocenters. The molecule has 20 heavy (non-hydrogen) atoms. The van der Waals surface area contributed by atoms with Crippen molar-refractivity contribution in [3.8, 4) is 0 Å². The lowest BCUT2D eigenvalue weighted by Crippen LogP contribution is -2.38. The second-order valence-electron chi connectivity index (χ2n) is 5.10. The van der Waals surface area contributed by atoms with E-state index >= 15 is 0 Å². The van der Waals surface area contributed by atoms with Crippen molar-refractivity contribution in [1.29, 1.82) is 0 Å². The lowest BCUT2D eigenvalue weighted by atomic mass is 10.0. The van der Waals surface area contributed by atoms with Crippen LogP contribution >= 0.6 is 11.6 Å². The molecule has 112 valence electrons. The highest BCUT2D eigenvalue weighted by Gasteiger charge is 2.17. The summed E-state index contributed by atoms with van der Waals surface area (Å²) in [4.78, 5) is 12.3. The summed E-state index contributed by atoms with van der Waals surface area (Å²) < 4.78 is 22.7. The number of benzene rings is 1. The van der Waals surface area contributed by atoms with Crippen LogP contribution in [-0.4, -0.2) is 32.5 Å². The topological polar surface area (TPSA) is 63.2 Å². The van der Waals surface area contributed by atoms with Gasteiger partial charge in [0.2, 0.25) is 0 Å². The average Bonchev–Trinajstić information content (AvgIpc) is 2.37. The largest absolute Gasteiger partial charge is 0.349 e. The Labute approximate surface area is 125 Å². The number of carbonyl (C=O) groups is 1. The molecular weight excluding hydrogens is 298 g/mol. The highest BCUT2D eigenvalue weighted by atomic mass is 35.5. The molecular formula is C14H20ClNO3S. The van der Waals surface area contributed by atoms with E-state index in [1.807, 2.05) is 13.8 Å². The number of halogens is 1. The van der Waals surface area contributed by atoms with E-state index in [4.69, 9.17) is 11.6 Å². The highest BCUT2D eigenvalue weighted by Crippen LogP contribution is 2.12. The second kappa shape index (κ2) is 7.09. The maximum atomic E-state index is 12.1. The van der Waals surface area contributed by atoms with Gasteiger partial charge < -0.3 is 5.32 Å². The van der Waals surface area contributed by atoms with Crippen LogP contribution < -0.4 is 5.32 Å². The van der Waals surface area contributed by atoms with Gasteiger partial charge in [-0.25, -0.2) is 8.42 Å². The highest BCUT2D eigenvalue weighted by molar-refractivity contribution is 7.90. The zero-order valence-electron chi connectivity index (χ0n) is 11.9. The van der Waals surface area contributed by atoms with Gasteiger partial charge in [0.05, 0.1) is 4.90 Å². The number of hydrogen-bond donors (Lipinski definition) is 1. The van der Waals surface area contributed by atoms with E-state index in [1.165, 1.54) is 24.3 Å². The van der Waals surface area contributed by atoms with Crippen LogP contribution in [0.3, 0.4) is 0 Å². The van der Waals surface area contributed by atoms with Crippen molar-refractivity contribution in [2.24, 2.45) is 5.92 Å². The van der Waals surface area contributed by atoms with Crippen molar-refractivity contribution >= 4 is 27.3 Å². The molecule has 1 amide bonds. The maximum absolute atomic E-state index is 12.1. The molecule has 0 saturated heterocycles. The van der Waals surface area contributed by atoms with Gasteiger partial charge in [-0.15, -0.1) is 11.6 Å². The van der Waals surface area contributed by atoms with Crippen LogP contribution in [0.1, 0.15) is 30.6 Å². The molecule has 0 radical (unpaired) electrons. The summed E-state index contributed by atoms with van der Waals surface area (Å²) in [5, 5.41) is 2.92. The standard InChI is InChI=1S/C14H20ClNO3S/c1-10(2)13(8-9-15)16-14(17)11-4-6-12(7-5-11)20(3,18)19/h4-7,10,13H,8-9H2,1-3H3,(H,16,17). The Morgan fingerprint density at radius 3 is 2.20 bits per heavy atom. The third kappa shape index (κ3) is 4.80. The van der Waals surface area contributed by atoms with Crippen molar-refractivity contribution in [2.45, 2.75) is 31.2 Å². The predicted molar refractivity (Wildman–Crippen MR) is 81.0 cm³/mol. The SMILES string of the molecule is CC(C)C(CCCl)NC(=O)c1ccc(S(C)(=O)=O)cc1. The van der Waals surface area contributed by atoms with Crippen LogP contribution in [0.5, 0.6) is 0 Å². The molecule has 0 fully saturated rings. The zero-order valence-corrected chi connectivity index (χ0v) is 13.5. The molecule has 1 aromatic rings. The van der Waals surface area contributed by atoms with Crippen LogP contribution in [0.2, 0.25) is 0 Å². The first kappa shape index (κ1) is 17.0. The quantitative estimate of drug-likeness (QED) is 0.820. The van der Waals surface area contributed by atoms with E-state index in [0.29, 0.717) is 17.9 Å². The molecule has 0 aliphatic rings. The van der Waals surface area contributed by atoms with Crippen molar-refractivity contribution < 1.29 is 13.2 Å². The summed E-state index contributed by atoms with van der Waals surface area (Å²) in [5.41, 5.74) is 0.442. The summed E-state index contributed by atoms with van der Waals surface area (Å²) >= 11 is 5.72. The smallest absolute Gasteiger partial charge is 0.251 e. The van der Waals surface area contributed by atoms with Crippen LogP contribution in [0.15, 0.2) is 29.2 Å². The fourth-order valence-electron chi connectivity index (χ4n) is 1.79. The first-order valence-corrected chi connectivity index (χ1v) is 8.85. The number of hydrogen-bond acceptors (Lipinski definition) is 3. The summed E-state index contributed by atoms with van der Waals surface area (Å²) in [5.74, 6) is 0.553. The number of sulfone groups is 1. The summed E-state index contributed by atoms with van der Waals surface area (Å²) in [7, 11) is -3.24. The summed E-state index contributed by atoms with van der Waals surface area (Å²) in [6, 6.07) is 5.93. The van der Waals surface area contributed by atoms with Crippen molar-refractivity contribution in [2.75, 3.05) is 12.1 Å². The summed E-state index contributed by atoms with van der Waals surface area (Å²) in [6.07, 6.45) is 1.84. The third-order valence-electron chi connectivity index (χ3n) is 3.09. The third-order valence-corrected chi connectivity index (χ3v) is 4.43. The van der Waals surface area contributed by atoms with Gasteiger partial charge in [0.1, 0.15) is 0 Å². The molecule has 6 heteroatoms. The van der Waals surface area contributed by atoms with Gasteiger partial charge in [-0.2, -0.15) is 0 Å². The first-order valence-electron chi connectivity index (χ1n) is 6.42. The molecule has 1 unspecified atom stereocenters. The minimum absolute atomic E-state index is 0.00887. The maximum Gasteiger partial charge on any atom is 0.251 e. The average molecular weight is 318 g/mol. The monoisotopic (exact) mass is 317 g/mol. The number of amides is 1. The predicted octanol–water partition coefficient (Wildman–Crippen LogP) is 2.47. The Bertz CT molecular complexity index is 552. The van der Waals surface area contributed by atoms with Crippen LogP contribution in [0, 0.1) is 5.92 Å². The van der Waals surface area contributed by atoms with Crippen molar-refractivity contribution in [1.82, 2.24) is 5.32 Å². The molecule has 0 bridgehead atoms. The van der Waals surface area contributed by atoms with E-state index in [1.54, 1.807) is 0 Å². The van der Waals surface area contributed by atoms with Crippen LogP contribution in [0.4, 0.5) is 0 Å². The van der Waals surface area contributed by atoms with Gasteiger partial charge in [-0.05, 0) is 36.6 Å². The normalized spacial score (nSPS) is 13.2. The Hall–Kier alpha value is -1.07. The Morgan fingerprint density at radius 2 is 1.80 bits per heavy atom. The molecule has 1 aromatic carbocycles. The van der Waals surface area contributed by atoms with Crippen LogP contribution in [0.25, 0.3) is 0 Å². The molecule has 0 spiro atoms. The Morgan fingerprint density at radius 1 is 1.25 bits per heavy atom. The van der Waals surface area contributed by atoms with Gasteiger partial charge in [0.25, 0.3) is 5.91 Å². The van der Waals surface area contributed by atoms with E-state index in [2.05, 4.69) is 5.32 Å². The minimum Gasteiger partial charge on any atom is -0.349 e. The van der Waals surface area contributed by atoms with Gasteiger partial charge in [0.15, 0.2) is 9.84 Å². The van der Waals surface area contributed by atoms with Crippen molar-refractivity contribution in [3.63, 3.8) is 0 Å². The molecule has 0 aromatic heterocycles. The Balaban J connectivity index is 2.82. The Kier molecular flexibility index (Phi) is 6.02. The molecule has 0 heterocycles. The number of carbonyl (C=O) groups excluding carboxylic acids is 1. The fraction of sp³-hybridized carbons (Fsp3) is 0.500. The van der Waals surface area contributed by atoms with Gasteiger partial charge in [-0.1, -0.05) is 13.8 Å². The van der Waals surface area contributed by atoms with Gasteiger partial charge >= 0.3 is 0 Å². The first-order chi connectivity index (χ1) is 9.25. The van der Waals surface area contributed by atoms with E-state index in [0.717, 1.165) is 6.26 Å². The zero-order chi connectivity index (χ0) is 15.3. The molecule has 0 aliphatic heterocycles. The van der Waals surface area contributed by atoms with E-state index in [9.17, 15) is 13.2 Å². The minimum atomic E-state index is -3.24. The van der Waals surface area contributed by atoms with Crippen molar-refractivity contribution in [3.05, 3.63) is 29.8 Å². The molecule has 0 saturated carbocycles. The fourth-order valence-corrected chi connectivity index (χ4v) is 2.66. The molecule has 4 nitrogen and oxygen atoms in total. The lowest BCUT2D eigenvalue weighted by molar-refractivity contribution is 0.0925. The number of nitrogens with one attached hydrogen (secondary N) is 1. The molecule has 1 rings (SSSR count). The van der Waals surface area contributed by atoms with Gasteiger partial charge in [-0.3, -0.25) is 4.79 Å². The number of rotatable bonds is 6. The van der Waals surface area contributed by atoms with Crippen LogP contribution in [-0.2, 0) is 9.84 Å². The van der Waals surface area contributed by atoms with E-state index in [-0.39, 0.29) is 22.8 Å². The second-order valence-corrected chi connectivity index (χ2v) is 7.49.